The number of aromatic nitrogens is 1. The van der Waals surface area contributed by atoms with E-state index in [0.29, 0.717) is 19.1 Å². The molecule has 0 saturated carbocycles. The van der Waals surface area contributed by atoms with Crippen LogP contribution in [0.1, 0.15) is 80.8 Å². The predicted molar refractivity (Wildman–Crippen MR) is 105 cm³/mol. The summed E-state index contributed by atoms with van der Waals surface area (Å²) in [4.78, 5) is 27.4. The highest BCUT2D eigenvalue weighted by Crippen LogP contribution is 2.39. The summed E-state index contributed by atoms with van der Waals surface area (Å²) in [6.45, 7) is 9.16. The van der Waals surface area contributed by atoms with Crippen LogP contribution in [0.25, 0.3) is 0 Å². The molecule has 1 aromatic heterocycles. The van der Waals surface area contributed by atoms with E-state index >= 15 is 0 Å². The molecule has 2 rings (SSSR count). The third kappa shape index (κ3) is 5.42. The largest absolute Gasteiger partial charge is 0.487 e. The topological polar surface area (TPSA) is 86.9 Å². The average molecular weight is 395 g/mol. The quantitative estimate of drug-likeness (QED) is 0.592. The van der Waals surface area contributed by atoms with E-state index in [2.05, 4.69) is 18.8 Å². The molecular weight excluding hydrogens is 362 g/mol. The summed E-state index contributed by atoms with van der Waals surface area (Å²) in [5, 5.41) is 0. The monoisotopic (exact) mass is 395 g/mol. The van der Waals surface area contributed by atoms with E-state index in [1.165, 1.54) is 19.3 Å². The predicted octanol–water partition coefficient (Wildman–Crippen LogP) is 4.36. The zero-order valence-corrected chi connectivity index (χ0v) is 17.5. The molecule has 28 heavy (non-hydrogen) atoms. The Labute approximate surface area is 167 Å². The second-order valence-corrected chi connectivity index (χ2v) is 7.11. The molecule has 0 bridgehead atoms. The second kappa shape index (κ2) is 11.0. The van der Waals surface area contributed by atoms with Crippen molar-refractivity contribution in [1.82, 2.24) is 4.98 Å². The Bertz CT molecular complexity index is 609. The van der Waals surface area contributed by atoms with Crippen molar-refractivity contribution in [3.63, 3.8) is 0 Å². The van der Waals surface area contributed by atoms with Crippen LogP contribution in [-0.2, 0) is 9.47 Å². The van der Waals surface area contributed by atoms with Gasteiger partial charge in [0.1, 0.15) is 0 Å². The van der Waals surface area contributed by atoms with Gasteiger partial charge in [0, 0.05) is 5.92 Å². The lowest BCUT2D eigenvalue weighted by Gasteiger charge is -2.20. The number of nitrogens with one attached hydrogen (secondary N) is 1. The number of rotatable bonds is 10. The van der Waals surface area contributed by atoms with Gasteiger partial charge in [-0.25, -0.2) is 9.59 Å². The third-order valence-electron chi connectivity index (χ3n) is 5.01. The first-order valence-corrected chi connectivity index (χ1v) is 10.4. The molecule has 0 aliphatic carbocycles. The minimum Gasteiger partial charge on any atom is -0.487 e. The number of H-pyrrole nitrogens is 1. The van der Waals surface area contributed by atoms with Gasteiger partial charge in [-0.3, -0.25) is 0 Å². The number of carbonyl (C=O) groups is 2. The number of ether oxygens (including phenoxy) is 4. The van der Waals surface area contributed by atoms with E-state index in [4.69, 9.17) is 18.9 Å². The zero-order chi connectivity index (χ0) is 20.5. The van der Waals surface area contributed by atoms with Gasteiger partial charge in [-0.2, -0.15) is 0 Å². The fraction of sp³-hybridized carbons (Fsp3) is 0.714. The van der Waals surface area contributed by atoms with E-state index in [1.54, 1.807) is 13.8 Å². The molecule has 158 valence electrons. The van der Waals surface area contributed by atoms with Gasteiger partial charge in [0.05, 0.1) is 26.4 Å². The summed E-state index contributed by atoms with van der Waals surface area (Å²) < 4.78 is 22.1. The van der Waals surface area contributed by atoms with Crippen LogP contribution in [0, 0.1) is 11.8 Å². The third-order valence-corrected chi connectivity index (χ3v) is 5.01. The molecule has 1 N–H and O–H groups in total. The first kappa shape index (κ1) is 22.1. The molecule has 2 heterocycles. The van der Waals surface area contributed by atoms with Gasteiger partial charge < -0.3 is 23.9 Å². The average Bonchev–Trinajstić information content (AvgIpc) is 2.93. The summed E-state index contributed by atoms with van der Waals surface area (Å²) in [6, 6.07) is 0. The maximum absolute atomic E-state index is 12.3. The summed E-state index contributed by atoms with van der Waals surface area (Å²) >= 11 is 0. The Hall–Kier alpha value is -2.18. The van der Waals surface area contributed by atoms with Crippen LogP contribution < -0.4 is 9.47 Å². The van der Waals surface area contributed by atoms with Gasteiger partial charge in [0.15, 0.2) is 22.9 Å². The Balaban J connectivity index is 2.20. The fourth-order valence-electron chi connectivity index (χ4n) is 3.47. The second-order valence-electron chi connectivity index (χ2n) is 7.11. The summed E-state index contributed by atoms with van der Waals surface area (Å²) in [6.07, 6.45) is 5.71. The molecule has 1 aliphatic heterocycles. The van der Waals surface area contributed by atoms with Crippen LogP contribution in [0.2, 0.25) is 0 Å². The van der Waals surface area contributed by atoms with Gasteiger partial charge in [-0.15, -0.1) is 0 Å². The smallest absolute Gasteiger partial charge is 0.358 e. The van der Waals surface area contributed by atoms with Crippen LogP contribution in [0.4, 0.5) is 0 Å². The van der Waals surface area contributed by atoms with Crippen molar-refractivity contribution in [2.45, 2.75) is 59.8 Å². The highest BCUT2D eigenvalue weighted by atomic mass is 16.6. The van der Waals surface area contributed by atoms with Gasteiger partial charge in [0.2, 0.25) is 0 Å². The van der Waals surface area contributed by atoms with Crippen LogP contribution >= 0.6 is 0 Å². The number of carbonyl (C=O) groups excluding carboxylic acids is 2. The van der Waals surface area contributed by atoms with Crippen LogP contribution in [-0.4, -0.2) is 43.4 Å². The van der Waals surface area contributed by atoms with E-state index in [-0.39, 0.29) is 42.0 Å². The minimum atomic E-state index is -0.578. The molecule has 7 nitrogen and oxygen atoms in total. The maximum atomic E-state index is 12.3. The maximum Gasteiger partial charge on any atom is 0.358 e. The lowest BCUT2D eigenvalue weighted by atomic mass is 9.89. The van der Waals surface area contributed by atoms with Crippen molar-refractivity contribution in [3.05, 3.63) is 11.4 Å². The number of esters is 2. The Kier molecular flexibility index (Phi) is 8.67. The summed E-state index contributed by atoms with van der Waals surface area (Å²) in [7, 11) is 0. The molecule has 1 unspecified atom stereocenters. The van der Waals surface area contributed by atoms with Gasteiger partial charge in [-0.1, -0.05) is 39.5 Å². The van der Waals surface area contributed by atoms with Gasteiger partial charge in [0.25, 0.3) is 0 Å². The molecule has 1 atom stereocenters. The van der Waals surface area contributed by atoms with E-state index in [1.807, 2.05) is 0 Å². The first-order valence-electron chi connectivity index (χ1n) is 10.4. The van der Waals surface area contributed by atoms with E-state index in [9.17, 15) is 9.59 Å². The molecule has 1 aliphatic rings. The normalized spacial score (nSPS) is 15.0. The van der Waals surface area contributed by atoms with Crippen molar-refractivity contribution < 1.29 is 28.5 Å². The van der Waals surface area contributed by atoms with Crippen LogP contribution in [0.15, 0.2) is 0 Å². The molecular formula is C21H33NO6. The Morgan fingerprint density at radius 1 is 1.00 bits per heavy atom. The van der Waals surface area contributed by atoms with Gasteiger partial charge in [-0.05, 0) is 26.2 Å². The number of unbranched alkanes of at least 4 members (excludes halogenated alkanes) is 1. The van der Waals surface area contributed by atoms with Gasteiger partial charge >= 0.3 is 11.9 Å². The van der Waals surface area contributed by atoms with E-state index < -0.39 is 11.9 Å². The van der Waals surface area contributed by atoms with Crippen molar-refractivity contribution in [3.8, 4) is 11.5 Å². The highest BCUT2D eigenvalue weighted by Gasteiger charge is 2.33. The Morgan fingerprint density at radius 3 is 1.96 bits per heavy atom. The zero-order valence-electron chi connectivity index (χ0n) is 17.5. The van der Waals surface area contributed by atoms with Crippen molar-refractivity contribution >= 4 is 11.9 Å². The van der Waals surface area contributed by atoms with E-state index in [0.717, 1.165) is 12.8 Å². The standard InChI is InChI=1S/C21H33NO6/c1-5-9-10-14(6-2)11-15-12-27-18-16(20(23)25-7-3)22-17(19(18)28-13-15)21(24)26-8-4/h14-15,22H,5-13H2,1-4H3. The minimum absolute atomic E-state index is 0.0959. The van der Waals surface area contributed by atoms with Crippen molar-refractivity contribution in [1.29, 1.82) is 0 Å². The van der Waals surface area contributed by atoms with Crippen LogP contribution in [0.5, 0.6) is 11.5 Å². The molecule has 0 fully saturated rings. The number of fused-ring (bicyclic) bond motifs is 1. The van der Waals surface area contributed by atoms with Crippen molar-refractivity contribution in [2.24, 2.45) is 11.8 Å². The number of aromatic amines is 1. The molecule has 0 spiro atoms. The molecule has 0 saturated heterocycles. The Morgan fingerprint density at radius 2 is 1.54 bits per heavy atom. The summed E-state index contributed by atoms with van der Waals surface area (Å²) in [5.41, 5.74) is 0.192. The molecule has 1 aromatic rings. The van der Waals surface area contributed by atoms with Crippen LogP contribution in [0.3, 0.4) is 0 Å². The summed E-state index contributed by atoms with van der Waals surface area (Å²) in [5.74, 6) is 0.136. The molecule has 0 radical (unpaired) electrons. The molecule has 7 heteroatoms. The lowest BCUT2D eigenvalue weighted by molar-refractivity contribution is 0.0510. The molecule has 0 amide bonds. The first-order chi connectivity index (χ1) is 13.5. The fourth-order valence-corrected chi connectivity index (χ4v) is 3.47. The highest BCUT2D eigenvalue weighted by molar-refractivity contribution is 5.99. The number of hydrogen-bond acceptors (Lipinski definition) is 6. The SMILES string of the molecule is CCCCC(CC)CC1COc2c(C(=O)OCC)[nH]c(C(=O)OCC)c2OC1. The molecule has 0 aromatic carbocycles. The lowest BCUT2D eigenvalue weighted by Crippen LogP contribution is -2.21. The number of hydrogen-bond donors (Lipinski definition) is 1. The van der Waals surface area contributed by atoms with Crippen molar-refractivity contribution in [2.75, 3.05) is 26.4 Å².